The third-order valence-electron chi connectivity index (χ3n) is 2.91. The fourth-order valence-corrected chi connectivity index (χ4v) is 2.33. The monoisotopic (exact) mass is 202 g/mol. The average molecular weight is 202 g/mol. The van der Waals surface area contributed by atoms with Gasteiger partial charge in [0.25, 0.3) is 0 Å². The Balaban J connectivity index is 2.75. The van der Waals surface area contributed by atoms with Crippen LogP contribution in [0.25, 0.3) is 10.9 Å². The van der Waals surface area contributed by atoms with Crippen molar-refractivity contribution in [1.29, 1.82) is 0 Å². The molecule has 0 amide bonds. The van der Waals surface area contributed by atoms with Crippen molar-refractivity contribution in [2.45, 2.75) is 27.3 Å². The molecule has 0 unspecified atom stereocenters. The van der Waals surface area contributed by atoms with Crippen molar-refractivity contribution in [3.8, 4) is 0 Å². The number of fused-ring (bicyclic) bond motifs is 1. The van der Waals surface area contributed by atoms with Crippen LogP contribution in [0.5, 0.6) is 0 Å². The largest absolute Gasteiger partial charge is 0.358 e. The molecular formula is C13H18N2. The molecule has 0 bridgehead atoms. The number of aromatic amines is 1. The summed E-state index contributed by atoms with van der Waals surface area (Å²) < 4.78 is 0. The van der Waals surface area contributed by atoms with E-state index in [1.807, 2.05) is 7.05 Å². The second kappa shape index (κ2) is 3.70. The maximum Gasteiger partial charge on any atom is 0.0464 e. The molecule has 2 aromatic rings. The lowest BCUT2D eigenvalue weighted by molar-refractivity contribution is 0.816. The van der Waals surface area contributed by atoms with Crippen LogP contribution < -0.4 is 5.32 Å². The van der Waals surface area contributed by atoms with Crippen molar-refractivity contribution in [2.24, 2.45) is 0 Å². The van der Waals surface area contributed by atoms with Crippen molar-refractivity contribution in [1.82, 2.24) is 10.3 Å². The molecule has 2 N–H and O–H groups in total. The number of hydrogen-bond donors (Lipinski definition) is 2. The third-order valence-corrected chi connectivity index (χ3v) is 2.91. The average Bonchev–Trinajstić information content (AvgIpc) is 2.43. The fourth-order valence-electron chi connectivity index (χ4n) is 2.33. The standard InChI is InChI=1S/C13H18N2/c1-8-5-9(2)13-11(7-14-4)10(3)15-12(13)6-8/h5-6,14-15H,7H2,1-4H3. The van der Waals surface area contributed by atoms with Crippen LogP contribution in [0, 0.1) is 20.8 Å². The highest BCUT2D eigenvalue weighted by Gasteiger charge is 2.09. The van der Waals surface area contributed by atoms with Gasteiger partial charge in [0.1, 0.15) is 0 Å². The van der Waals surface area contributed by atoms with Crippen molar-refractivity contribution < 1.29 is 0 Å². The van der Waals surface area contributed by atoms with E-state index in [-0.39, 0.29) is 0 Å². The predicted octanol–water partition coefficient (Wildman–Crippen LogP) is 2.81. The molecule has 2 heteroatoms. The van der Waals surface area contributed by atoms with Crippen LogP contribution in [0.2, 0.25) is 0 Å². The van der Waals surface area contributed by atoms with E-state index < -0.39 is 0 Å². The van der Waals surface area contributed by atoms with E-state index in [2.05, 4.69) is 43.2 Å². The summed E-state index contributed by atoms with van der Waals surface area (Å²) in [7, 11) is 1.99. The topological polar surface area (TPSA) is 27.8 Å². The minimum Gasteiger partial charge on any atom is -0.358 e. The zero-order valence-electron chi connectivity index (χ0n) is 9.86. The summed E-state index contributed by atoms with van der Waals surface area (Å²) in [5, 5.41) is 4.61. The molecule has 0 fully saturated rings. The summed E-state index contributed by atoms with van der Waals surface area (Å²) >= 11 is 0. The lowest BCUT2D eigenvalue weighted by Crippen LogP contribution is -2.05. The van der Waals surface area contributed by atoms with E-state index in [4.69, 9.17) is 0 Å². The number of nitrogens with one attached hydrogen (secondary N) is 2. The summed E-state index contributed by atoms with van der Waals surface area (Å²) in [5.74, 6) is 0. The van der Waals surface area contributed by atoms with Crippen LogP contribution in [0.15, 0.2) is 12.1 Å². The molecule has 80 valence electrons. The van der Waals surface area contributed by atoms with Gasteiger partial charge in [-0.3, -0.25) is 0 Å². The molecule has 1 heterocycles. The lowest BCUT2D eigenvalue weighted by Gasteiger charge is -2.03. The number of aryl methyl sites for hydroxylation is 3. The summed E-state index contributed by atoms with van der Waals surface area (Å²) in [6, 6.07) is 4.46. The molecular weight excluding hydrogens is 184 g/mol. The molecule has 0 radical (unpaired) electrons. The second-order valence-corrected chi connectivity index (χ2v) is 4.26. The number of rotatable bonds is 2. The van der Waals surface area contributed by atoms with Crippen LogP contribution in [0.4, 0.5) is 0 Å². The molecule has 0 saturated heterocycles. The Labute approximate surface area is 90.7 Å². The van der Waals surface area contributed by atoms with Crippen LogP contribution in [0.1, 0.15) is 22.4 Å². The molecule has 0 aliphatic heterocycles. The summed E-state index contributed by atoms with van der Waals surface area (Å²) in [6.45, 7) is 7.39. The zero-order valence-corrected chi connectivity index (χ0v) is 9.86. The highest BCUT2D eigenvalue weighted by Crippen LogP contribution is 2.26. The normalized spacial score (nSPS) is 11.2. The van der Waals surface area contributed by atoms with E-state index in [9.17, 15) is 0 Å². The molecule has 0 saturated carbocycles. The van der Waals surface area contributed by atoms with E-state index >= 15 is 0 Å². The highest BCUT2D eigenvalue weighted by molar-refractivity contribution is 5.88. The maximum atomic E-state index is 3.45. The molecule has 0 spiro atoms. The summed E-state index contributed by atoms with van der Waals surface area (Å²) in [6.07, 6.45) is 0. The Kier molecular flexibility index (Phi) is 2.53. The van der Waals surface area contributed by atoms with Gasteiger partial charge in [-0.15, -0.1) is 0 Å². The third kappa shape index (κ3) is 1.65. The van der Waals surface area contributed by atoms with Crippen molar-refractivity contribution in [3.05, 3.63) is 34.5 Å². The molecule has 2 nitrogen and oxygen atoms in total. The molecule has 15 heavy (non-hydrogen) atoms. The van der Waals surface area contributed by atoms with E-state index in [1.165, 1.54) is 33.3 Å². The molecule has 0 aliphatic rings. The fraction of sp³-hybridized carbons (Fsp3) is 0.385. The first kappa shape index (κ1) is 10.2. The first-order valence-corrected chi connectivity index (χ1v) is 5.36. The van der Waals surface area contributed by atoms with Gasteiger partial charge in [0.15, 0.2) is 0 Å². The quantitative estimate of drug-likeness (QED) is 0.770. The van der Waals surface area contributed by atoms with Gasteiger partial charge in [0, 0.05) is 23.1 Å². The van der Waals surface area contributed by atoms with Crippen LogP contribution in [-0.4, -0.2) is 12.0 Å². The Morgan fingerprint density at radius 3 is 2.60 bits per heavy atom. The van der Waals surface area contributed by atoms with Crippen molar-refractivity contribution in [3.63, 3.8) is 0 Å². The van der Waals surface area contributed by atoms with Crippen molar-refractivity contribution >= 4 is 10.9 Å². The van der Waals surface area contributed by atoms with Gasteiger partial charge < -0.3 is 10.3 Å². The highest BCUT2D eigenvalue weighted by atomic mass is 14.8. The number of H-pyrrole nitrogens is 1. The van der Waals surface area contributed by atoms with Crippen LogP contribution >= 0.6 is 0 Å². The summed E-state index contributed by atoms with van der Waals surface area (Å²) in [4.78, 5) is 3.45. The molecule has 1 aromatic heterocycles. The van der Waals surface area contributed by atoms with Crippen molar-refractivity contribution in [2.75, 3.05) is 7.05 Å². The minimum atomic E-state index is 0.926. The van der Waals surface area contributed by atoms with E-state index in [0.717, 1.165) is 6.54 Å². The molecule has 1 aromatic carbocycles. The van der Waals surface area contributed by atoms with Crippen LogP contribution in [0.3, 0.4) is 0 Å². The van der Waals surface area contributed by atoms with Gasteiger partial charge in [-0.25, -0.2) is 0 Å². The molecule has 0 aliphatic carbocycles. The van der Waals surface area contributed by atoms with Crippen LogP contribution in [-0.2, 0) is 6.54 Å². The first-order chi connectivity index (χ1) is 7.13. The summed E-state index contributed by atoms with van der Waals surface area (Å²) in [5.41, 5.74) is 6.60. The number of aromatic nitrogens is 1. The lowest BCUT2D eigenvalue weighted by atomic mass is 10.0. The van der Waals surface area contributed by atoms with Gasteiger partial charge in [0.2, 0.25) is 0 Å². The molecule has 2 rings (SSSR count). The van der Waals surface area contributed by atoms with Gasteiger partial charge in [0.05, 0.1) is 0 Å². The Morgan fingerprint density at radius 2 is 1.93 bits per heavy atom. The Morgan fingerprint density at radius 1 is 1.20 bits per heavy atom. The maximum absolute atomic E-state index is 3.45. The first-order valence-electron chi connectivity index (χ1n) is 5.36. The predicted molar refractivity (Wildman–Crippen MR) is 65.3 cm³/mol. The Hall–Kier alpha value is -1.28. The number of benzene rings is 1. The van der Waals surface area contributed by atoms with E-state index in [1.54, 1.807) is 0 Å². The number of hydrogen-bond acceptors (Lipinski definition) is 1. The van der Waals surface area contributed by atoms with E-state index in [0.29, 0.717) is 0 Å². The smallest absolute Gasteiger partial charge is 0.0464 e. The zero-order chi connectivity index (χ0) is 11.0. The van der Waals surface area contributed by atoms with Gasteiger partial charge >= 0.3 is 0 Å². The van der Waals surface area contributed by atoms with Gasteiger partial charge in [-0.05, 0) is 50.6 Å². The van der Waals surface area contributed by atoms with Gasteiger partial charge in [-0.1, -0.05) is 6.07 Å². The Bertz CT molecular complexity index is 495. The SMILES string of the molecule is CNCc1c(C)[nH]c2cc(C)cc(C)c12. The molecule has 0 atom stereocenters. The minimum absolute atomic E-state index is 0.926. The van der Waals surface area contributed by atoms with Gasteiger partial charge in [-0.2, -0.15) is 0 Å². The second-order valence-electron chi connectivity index (χ2n) is 4.26.